The predicted octanol–water partition coefficient (Wildman–Crippen LogP) is 5.30. The van der Waals surface area contributed by atoms with Gasteiger partial charge in [-0.3, -0.25) is 0 Å². The van der Waals surface area contributed by atoms with E-state index in [4.69, 9.17) is 4.40 Å². The Kier molecular flexibility index (Phi) is 8.28. The number of rotatable bonds is 8. The highest BCUT2D eigenvalue weighted by Crippen LogP contribution is 2.53. The number of allylic oxidation sites excluding steroid dienone is 6. The highest BCUT2D eigenvalue weighted by Gasteiger charge is 2.15. The smallest absolute Gasteiger partial charge is 0.0969 e. The van der Waals surface area contributed by atoms with Gasteiger partial charge in [-0.05, 0) is 44.4 Å². The fraction of sp³-hybridized carbons (Fsp3) is 0.389. The molecule has 0 saturated carbocycles. The van der Waals surface area contributed by atoms with Crippen LogP contribution in [0.4, 0.5) is 0 Å². The quantitative estimate of drug-likeness (QED) is 0.357. The maximum atomic E-state index is 4.74. The molecular formula is C18H28N2S2. The van der Waals surface area contributed by atoms with Gasteiger partial charge in [-0.15, -0.1) is 21.6 Å². The average Bonchev–Trinajstić information content (AvgIpc) is 2.94. The molecule has 0 amide bonds. The van der Waals surface area contributed by atoms with E-state index < -0.39 is 10.2 Å². The molecule has 1 aromatic heterocycles. The van der Waals surface area contributed by atoms with Crippen molar-refractivity contribution in [3.05, 3.63) is 53.5 Å². The Morgan fingerprint density at radius 3 is 2.55 bits per heavy atom. The van der Waals surface area contributed by atoms with Crippen molar-refractivity contribution >= 4 is 27.9 Å². The van der Waals surface area contributed by atoms with Crippen LogP contribution in [0.15, 0.2) is 57.2 Å². The van der Waals surface area contributed by atoms with Crippen LogP contribution in [0.5, 0.6) is 0 Å². The summed E-state index contributed by atoms with van der Waals surface area (Å²) < 4.78 is 6.14. The molecule has 122 valence electrons. The molecule has 4 heteroatoms. The second-order valence-corrected chi connectivity index (χ2v) is 10.2. The summed E-state index contributed by atoms with van der Waals surface area (Å²) in [6, 6.07) is 4.50. The Labute approximate surface area is 141 Å². The van der Waals surface area contributed by atoms with Gasteiger partial charge in [0.25, 0.3) is 0 Å². The van der Waals surface area contributed by atoms with Gasteiger partial charge in [-0.1, -0.05) is 36.5 Å². The summed E-state index contributed by atoms with van der Waals surface area (Å²) in [6.07, 6.45) is 21.1. The van der Waals surface area contributed by atoms with Crippen LogP contribution in [0.3, 0.4) is 0 Å². The zero-order chi connectivity index (χ0) is 16.4. The molecule has 0 aliphatic rings. The van der Waals surface area contributed by atoms with Gasteiger partial charge in [0.15, 0.2) is 0 Å². The van der Waals surface area contributed by atoms with Crippen LogP contribution in [0.2, 0.25) is 0 Å². The first-order valence-electron chi connectivity index (χ1n) is 7.44. The van der Waals surface area contributed by atoms with Crippen LogP contribution in [-0.4, -0.2) is 37.8 Å². The van der Waals surface area contributed by atoms with Crippen LogP contribution in [0.1, 0.15) is 18.2 Å². The second-order valence-electron chi connectivity index (χ2n) is 5.56. The summed E-state index contributed by atoms with van der Waals surface area (Å²) in [4.78, 5) is 3.44. The van der Waals surface area contributed by atoms with Crippen LogP contribution in [-0.2, 0) is 6.42 Å². The molecule has 0 unspecified atom stereocenters. The van der Waals surface area contributed by atoms with Gasteiger partial charge in [0.1, 0.15) is 0 Å². The van der Waals surface area contributed by atoms with Crippen molar-refractivity contribution in [2.24, 2.45) is 4.40 Å². The third-order valence-corrected chi connectivity index (χ3v) is 7.05. The number of hydrogen-bond donors (Lipinski definition) is 0. The minimum absolute atomic E-state index is 1.07. The number of aryl methyl sites for hydroxylation is 1. The summed E-state index contributed by atoms with van der Waals surface area (Å²) >= 11 is 1.91. The van der Waals surface area contributed by atoms with E-state index in [9.17, 15) is 0 Å². The standard InChI is InChI=1S/C18H28N2S2/c1-6-7-8-9-10-11-12-13-17-14-15-18(21-17)22(4,5)19-16-20(2)3/h6-11,14-16H,12-13H2,1-5H3/b7-6-,9-8-,11-10+,19-16+. The Balaban J connectivity index is 2.54. The minimum Gasteiger partial charge on any atom is -0.368 e. The zero-order valence-corrected chi connectivity index (χ0v) is 16.0. The number of hydrogen-bond acceptors (Lipinski definition) is 2. The Morgan fingerprint density at radius 1 is 1.14 bits per heavy atom. The van der Waals surface area contributed by atoms with E-state index in [1.807, 2.05) is 61.8 Å². The van der Waals surface area contributed by atoms with Crippen molar-refractivity contribution in [3.63, 3.8) is 0 Å². The van der Waals surface area contributed by atoms with Crippen molar-refractivity contribution in [2.75, 3.05) is 26.6 Å². The molecule has 0 fully saturated rings. The molecule has 0 spiro atoms. The molecule has 1 heterocycles. The first-order valence-corrected chi connectivity index (χ1v) is 10.7. The lowest BCUT2D eigenvalue weighted by atomic mass is 10.2. The third kappa shape index (κ3) is 7.14. The molecule has 0 atom stereocenters. The first-order chi connectivity index (χ1) is 10.5. The fourth-order valence-corrected chi connectivity index (χ4v) is 4.61. The molecule has 22 heavy (non-hydrogen) atoms. The summed E-state index contributed by atoms with van der Waals surface area (Å²) in [5.41, 5.74) is 0. The largest absolute Gasteiger partial charge is 0.368 e. The SMILES string of the molecule is C\C=C/C=C\C=C\CCc1ccc(S(C)(C)/N=C/N(C)C)s1. The Bertz CT molecular complexity index is 549. The predicted molar refractivity (Wildman–Crippen MR) is 106 cm³/mol. The lowest BCUT2D eigenvalue weighted by molar-refractivity contribution is 0.644. The maximum absolute atomic E-state index is 4.74. The normalized spacial score (nSPS) is 14.0. The second kappa shape index (κ2) is 9.70. The van der Waals surface area contributed by atoms with E-state index in [0.29, 0.717) is 0 Å². The van der Waals surface area contributed by atoms with Crippen molar-refractivity contribution in [1.82, 2.24) is 4.90 Å². The molecule has 0 aromatic carbocycles. The molecular weight excluding hydrogens is 308 g/mol. The average molecular weight is 337 g/mol. The van der Waals surface area contributed by atoms with Crippen LogP contribution in [0.25, 0.3) is 0 Å². The third-order valence-electron chi connectivity index (χ3n) is 2.89. The molecule has 2 nitrogen and oxygen atoms in total. The first kappa shape index (κ1) is 18.8. The van der Waals surface area contributed by atoms with Crippen LogP contribution in [0, 0.1) is 0 Å². The van der Waals surface area contributed by atoms with Crippen LogP contribution < -0.4 is 0 Å². The van der Waals surface area contributed by atoms with E-state index in [0.717, 1.165) is 12.8 Å². The monoisotopic (exact) mass is 336 g/mol. The summed E-state index contributed by atoms with van der Waals surface area (Å²) in [5, 5.41) is 0. The van der Waals surface area contributed by atoms with Crippen LogP contribution >= 0.6 is 21.6 Å². The molecule has 0 bridgehead atoms. The van der Waals surface area contributed by atoms with Crippen molar-refractivity contribution in [1.29, 1.82) is 0 Å². The van der Waals surface area contributed by atoms with Gasteiger partial charge in [-0.25, -0.2) is 4.40 Å². The summed E-state index contributed by atoms with van der Waals surface area (Å²) in [5.74, 6) is 0. The van der Waals surface area contributed by atoms with Crippen molar-refractivity contribution in [3.8, 4) is 0 Å². The Hall–Kier alpha value is -1.26. The van der Waals surface area contributed by atoms with Gasteiger partial charge in [0, 0.05) is 19.0 Å². The molecule has 0 N–H and O–H groups in total. The fourth-order valence-electron chi connectivity index (χ4n) is 1.66. The van der Waals surface area contributed by atoms with Gasteiger partial charge in [-0.2, -0.15) is 0 Å². The molecule has 0 aliphatic heterocycles. The van der Waals surface area contributed by atoms with E-state index >= 15 is 0 Å². The topological polar surface area (TPSA) is 15.6 Å². The molecule has 1 rings (SSSR count). The molecule has 0 radical (unpaired) electrons. The summed E-state index contributed by atoms with van der Waals surface area (Å²) in [7, 11) is 2.95. The maximum Gasteiger partial charge on any atom is 0.0969 e. The van der Waals surface area contributed by atoms with Crippen molar-refractivity contribution < 1.29 is 0 Å². The Morgan fingerprint density at radius 2 is 1.86 bits per heavy atom. The molecule has 1 aromatic rings. The summed E-state index contributed by atoms with van der Waals surface area (Å²) in [6.45, 7) is 2.02. The number of nitrogens with zero attached hydrogens (tertiary/aromatic N) is 2. The van der Waals surface area contributed by atoms with Gasteiger partial charge >= 0.3 is 0 Å². The molecule has 0 aliphatic carbocycles. The number of thiophene rings is 1. The van der Waals surface area contributed by atoms with Gasteiger partial charge < -0.3 is 4.90 Å². The highest BCUT2D eigenvalue weighted by atomic mass is 32.3. The van der Waals surface area contributed by atoms with E-state index in [-0.39, 0.29) is 0 Å². The van der Waals surface area contributed by atoms with E-state index in [2.05, 4.69) is 42.9 Å². The highest BCUT2D eigenvalue weighted by molar-refractivity contribution is 8.32. The van der Waals surface area contributed by atoms with Crippen molar-refractivity contribution in [2.45, 2.75) is 24.0 Å². The minimum atomic E-state index is -1.07. The van der Waals surface area contributed by atoms with E-state index in [1.165, 1.54) is 9.09 Å². The van der Waals surface area contributed by atoms with E-state index in [1.54, 1.807) is 0 Å². The zero-order valence-electron chi connectivity index (χ0n) is 14.3. The lowest BCUT2D eigenvalue weighted by Gasteiger charge is -2.24. The lowest BCUT2D eigenvalue weighted by Crippen LogP contribution is -2.08. The van der Waals surface area contributed by atoms with Gasteiger partial charge in [0.2, 0.25) is 0 Å². The van der Waals surface area contributed by atoms with Gasteiger partial charge in [0.05, 0.1) is 10.5 Å². The molecule has 0 saturated heterocycles.